The second-order valence-corrected chi connectivity index (χ2v) is 7.20. The Balaban J connectivity index is 1.58. The molecule has 0 radical (unpaired) electrons. The maximum Gasteiger partial charge on any atom is 0.254 e. The lowest BCUT2D eigenvalue weighted by atomic mass is 9.83. The number of aryl methyl sites for hydroxylation is 3. The van der Waals surface area contributed by atoms with E-state index in [1.54, 1.807) is 13.8 Å². The lowest BCUT2D eigenvalue weighted by Gasteiger charge is -2.33. The van der Waals surface area contributed by atoms with E-state index in [2.05, 4.69) is 25.8 Å². The molecule has 28 heavy (non-hydrogen) atoms. The van der Waals surface area contributed by atoms with Gasteiger partial charge in [0.1, 0.15) is 11.6 Å². The number of aromatic nitrogens is 3. The average molecular weight is 387 g/mol. The van der Waals surface area contributed by atoms with Gasteiger partial charge in [-0.3, -0.25) is 9.59 Å². The summed E-state index contributed by atoms with van der Waals surface area (Å²) >= 11 is 0. The van der Waals surface area contributed by atoms with Crippen LogP contribution in [0.25, 0.3) is 0 Å². The van der Waals surface area contributed by atoms with Gasteiger partial charge in [0, 0.05) is 30.4 Å². The van der Waals surface area contributed by atoms with E-state index in [0.29, 0.717) is 43.0 Å². The number of rotatable bonds is 5. The van der Waals surface area contributed by atoms with Gasteiger partial charge in [0.15, 0.2) is 0 Å². The van der Waals surface area contributed by atoms with Crippen LogP contribution in [0.5, 0.6) is 0 Å². The number of carbonyl (C=O) groups excluding carboxylic acids is 2. The van der Waals surface area contributed by atoms with Crippen molar-refractivity contribution in [1.29, 1.82) is 0 Å². The van der Waals surface area contributed by atoms with Crippen molar-refractivity contribution >= 4 is 11.8 Å². The minimum Gasteiger partial charge on any atom is -0.391 e. The summed E-state index contributed by atoms with van der Waals surface area (Å²) in [6.45, 7) is 5.71. The van der Waals surface area contributed by atoms with Gasteiger partial charge in [-0.25, -0.2) is 9.97 Å². The van der Waals surface area contributed by atoms with Crippen molar-refractivity contribution in [2.24, 2.45) is 5.92 Å². The van der Waals surface area contributed by atoms with Crippen LogP contribution in [0, 0.1) is 26.7 Å². The Bertz CT molecular complexity index is 829. The molecule has 9 nitrogen and oxygen atoms in total. The van der Waals surface area contributed by atoms with Crippen molar-refractivity contribution in [2.75, 3.05) is 0 Å². The molecule has 0 aromatic carbocycles. The fraction of sp³-hybridized carbons (Fsp3) is 0.526. The normalized spacial score (nSPS) is 21.9. The zero-order valence-corrected chi connectivity index (χ0v) is 16.2. The van der Waals surface area contributed by atoms with Crippen LogP contribution in [-0.2, 0) is 11.3 Å². The molecule has 0 saturated heterocycles. The van der Waals surface area contributed by atoms with E-state index >= 15 is 0 Å². The van der Waals surface area contributed by atoms with Crippen molar-refractivity contribution in [3.63, 3.8) is 0 Å². The summed E-state index contributed by atoms with van der Waals surface area (Å²) < 4.78 is 5.11. The van der Waals surface area contributed by atoms with Gasteiger partial charge in [-0.1, -0.05) is 5.16 Å². The minimum absolute atomic E-state index is 0.107. The predicted octanol–water partition coefficient (Wildman–Crippen LogP) is 0.966. The molecule has 3 rings (SSSR count). The van der Waals surface area contributed by atoms with E-state index in [4.69, 9.17) is 4.52 Å². The molecule has 2 amide bonds. The second kappa shape index (κ2) is 8.47. The Labute approximate surface area is 162 Å². The summed E-state index contributed by atoms with van der Waals surface area (Å²) in [5.74, 6) is 0.501. The SMILES string of the molecule is Cc1ncc(C(=O)N[C@@H]2C[C@@H](C(=O)NCc3c(C)noc3C)CC[C@H]2O)cn1. The van der Waals surface area contributed by atoms with Gasteiger partial charge >= 0.3 is 0 Å². The Morgan fingerprint density at radius 3 is 2.57 bits per heavy atom. The first-order chi connectivity index (χ1) is 13.3. The molecule has 0 aliphatic heterocycles. The Hall–Kier alpha value is -2.81. The zero-order valence-electron chi connectivity index (χ0n) is 16.2. The van der Waals surface area contributed by atoms with Gasteiger partial charge in [0.2, 0.25) is 5.91 Å². The third-order valence-electron chi connectivity index (χ3n) is 5.16. The first-order valence-electron chi connectivity index (χ1n) is 9.32. The van der Waals surface area contributed by atoms with Crippen LogP contribution in [-0.4, -0.2) is 44.2 Å². The van der Waals surface area contributed by atoms with Crippen LogP contribution < -0.4 is 10.6 Å². The number of carbonyl (C=O) groups is 2. The third-order valence-corrected chi connectivity index (χ3v) is 5.16. The Morgan fingerprint density at radius 1 is 1.21 bits per heavy atom. The standard InChI is InChI=1S/C19H25N5O4/c1-10-15(11(2)28-24-10)9-22-18(26)13-4-5-17(25)16(6-13)23-19(27)14-7-20-12(3)21-8-14/h7-8,13,16-17,25H,4-6,9H2,1-3H3,(H,22,26)(H,23,27)/t13-,16+,17+/m0/s1. The first-order valence-corrected chi connectivity index (χ1v) is 9.32. The second-order valence-electron chi connectivity index (χ2n) is 7.20. The molecule has 1 aliphatic rings. The largest absolute Gasteiger partial charge is 0.391 e. The van der Waals surface area contributed by atoms with Crippen molar-refractivity contribution in [2.45, 2.75) is 58.7 Å². The van der Waals surface area contributed by atoms with E-state index in [0.717, 1.165) is 11.3 Å². The molecule has 9 heteroatoms. The predicted molar refractivity (Wildman–Crippen MR) is 99.2 cm³/mol. The van der Waals surface area contributed by atoms with Crippen LogP contribution in [0.3, 0.4) is 0 Å². The highest BCUT2D eigenvalue weighted by molar-refractivity contribution is 5.93. The van der Waals surface area contributed by atoms with Gasteiger partial charge in [0.25, 0.3) is 5.91 Å². The molecule has 2 aromatic rings. The Kier molecular flexibility index (Phi) is 6.03. The van der Waals surface area contributed by atoms with Crippen LogP contribution in [0.4, 0.5) is 0 Å². The van der Waals surface area contributed by atoms with Crippen LogP contribution in [0.2, 0.25) is 0 Å². The summed E-state index contributed by atoms with van der Waals surface area (Å²) in [6, 6.07) is -0.502. The molecule has 3 atom stereocenters. The number of hydrogen-bond acceptors (Lipinski definition) is 7. The van der Waals surface area contributed by atoms with Crippen molar-refractivity contribution in [1.82, 2.24) is 25.8 Å². The van der Waals surface area contributed by atoms with E-state index in [1.807, 2.05) is 6.92 Å². The van der Waals surface area contributed by atoms with E-state index in [-0.39, 0.29) is 17.7 Å². The van der Waals surface area contributed by atoms with Crippen molar-refractivity contribution in [3.8, 4) is 0 Å². The minimum atomic E-state index is -0.693. The van der Waals surface area contributed by atoms with Gasteiger partial charge < -0.3 is 20.3 Å². The quantitative estimate of drug-likeness (QED) is 0.697. The summed E-state index contributed by atoms with van der Waals surface area (Å²) in [4.78, 5) is 33.0. The lowest BCUT2D eigenvalue weighted by molar-refractivity contribution is -0.127. The lowest BCUT2D eigenvalue weighted by Crippen LogP contribution is -2.49. The molecule has 0 bridgehead atoms. The molecule has 2 heterocycles. The van der Waals surface area contributed by atoms with Crippen LogP contribution in [0.15, 0.2) is 16.9 Å². The molecule has 0 unspecified atom stereocenters. The topological polar surface area (TPSA) is 130 Å². The molecule has 150 valence electrons. The molecule has 1 aliphatic carbocycles. The van der Waals surface area contributed by atoms with E-state index in [1.165, 1.54) is 12.4 Å². The highest BCUT2D eigenvalue weighted by Gasteiger charge is 2.34. The van der Waals surface area contributed by atoms with Gasteiger partial charge in [-0.2, -0.15) is 0 Å². The third kappa shape index (κ3) is 4.53. The first kappa shape index (κ1) is 19.9. The molecule has 1 saturated carbocycles. The van der Waals surface area contributed by atoms with Crippen LogP contribution in [0.1, 0.15) is 52.5 Å². The van der Waals surface area contributed by atoms with Crippen molar-refractivity contribution < 1.29 is 19.2 Å². The molecule has 0 spiro atoms. The summed E-state index contributed by atoms with van der Waals surface area (Å²) in [6.07, 6.45) is 3.57. The maximum absolute atomic E-state index is 12.6. The van der Waals surface area contributed by atoms with Gasteiger partial charge in [-0.05, 0) is 40.0 Å². The van der Waals surface area contributed by atoms with Crippen LogP contribution >= 0.6 is 0 Å². The fourth-order valence-electron chi connectivity index (χ4n) is 3.38. The zero-order chi connectivity index (χ0) is 20.3. The van der Waals surface area contributed by atoms with E-state index < -0.39 is 12.1 Å². The number of aliphatic hydroxyl groups is 1. The summed E-state index contributed by atoms with van der Waals surface area (Å²) in [5, 5.41) is 19.9. The average Bonchev–Trinajstić information content (AvgIpc) is 2.99. The fourth-order valence-corrected chi connectivity index (χ4v) is 3.38. The number of nitrogens with zero attached hydrogens (tertiary/aromatic N) is 3. The number of amides is 2. The van der Waals surface area contributed by atoms with Crippen molar-refractivity contribution in [3.05, 3.63) is 40.8 Å². The van der Waals surface area contributed by atoms with Gasteiger partial charge in [0.05, 0.1) is 23.4 Å². The summed E-state index contributed by atoms with van der Waals surface area (Å²) in [7, 11) is 0. The smallest absolute Gasteiger partial charge is 0.254 e. The molecular weight excluding hydrogens is 362 g/mol. The summed E-state index contributed by atoms with van der Waals surface area (Å²) in [5.41, 5.74) is 1.94. The Morgan fingerprint density at radius 2 is 1.93 bits per heavy atom. The molecular formula is C19H25N5O4. The monoisotopic (exact) mass is 387 g/mol. The molecule has 3 N–H and O–H groups in total. The molecule has 1 fully saturated rings. The van der Waals surface area contributed by atoms with Gasteiger partial charge in [-0.15, -0.1) is 0 Å². The highest BCUT2D eigenvalue weighted by atomic mass is 16.5. The maximum atomic E-state index is 12.6. The van der Waals surface area contributed by atoms with E-state index in [9.17, 15) is 14.7 Å². The molecule has 2 aromatic heterocycles. The highest BCUT2D eigenvalue weighted by Crippen LogP contribution is 2.25. The number of aliphatic hydroxyl groups excluding tert-OH is 1. The number of nitrogens with one attached hydrogen (secondary N) is 2. The number of hydrogen-bond donors (Lipinski definition) is 3.